The molecule has 7 heteroatoms. The van der Waals surface area contributed by atoms with Gasteiger partial charge in [0.05, 0.1) is 5.69 Å². The van der Waals surface area contributed by atoms with Gasteiger partial charge in [0.2, 0.25) is 17.7 Å². The maximum atomic E-state index is 11.9. The quantitative estimate of drug-likeness (QED) is 0.734. The van der Waals surface area contributed by atoms with Gasteiger partial charge in [-0.1, -0.05) is 18.2 Å². The minimum absolute atomic E-state index is 0.0231. The van der Waals surface area contributed by atoms with E-state index in [-0.39, 0.29) is 24.0 Å². The van der Waals surface area contributed by atoms with E-state index in [1.165, 1.54) is 11.9 Å². The van der Waals surface area contributed by atoms with Crippen LogP contribution in [0.25, 0.3) is 0 Å². The number of carbonyl (C=O) groups excluding carboxylic acids is 3. The van der Waals surface area contributed by atoms with Crippen LogP contribution in [0.2, 0.25) is 0 Å². The number of benzene rings is 1. The van der Waals surface area contributed by atoms with Crippen molar-refractivity contribution in [3.05, 3.63) is 30.3 Å². The largest absolute Gasteiger partial charge is 0.291 e. The van der Waals surface area contributed by atoms with Crippen molar-refractivity contribution in [2.24, 2.45) is 10.1 Å². The molecule has 2 aliphatic rings. The molecule has 1 aromatic rings. The van der Waals surface area contributed by atoms with Crippen molar-refractivity contribution in [2.45, 2.75) is 13.3 Å². The number of amides is 2. The highest BCUT2D eigenvalue weighted by Crippen LogP contribution is 2.24. The van der Waals surface area contributed by atoms with E-state index in [9.17, 15) is 14.4 Å². The predicted molar refractivity (Wildman–Crippen MR) is 70.9 cm³/mol. The molecule has 0 aliphatic carbocycles. The number of rotatable bonds is 2. The third kappa shape index (κ3) is 1.80. The van der Waals surface area contributed by atoms with Crippen molar-refractivity contribution in [1.29, 1.82) is 0 Å². The first-order valence-electron chi connectivity index (χ1n) is 5.97. The summed E-state index contributed by atoms with van der Waals surface area (Å²) >= 11 is 0. The number of carbonyl (C=O) groups is 3. The van der Waals surface area contributed by atoms with E-state index in [2.05, 4.69) is 10.1 Å². The molecular formula is C13H10N4O3. The first-order chi connectivity index (χ1) is 9.58. The van der Waals surface area contributed by atoms with Crippen LogP contribution in [-0.4, -0.2) is 34.3 Å². The number of nitrogens with zero attached hydrogens (tertiary/aromatic N) is 4. The molecule has 0 unspecified atom stereocenters. The highest BCUT2D eigenvalue weighted by Gasteiger charge is 2.42. The second-order valence-electron chi connectivity index (χ2n) is 4.34. The normalized spacial score (nSPS) is 17.9. The van der Waals surface area contributed by atoms with Crippen molar-refractivity contribution in [1.82, 2.24) is 4.90 Å². The van der Waals surface area contributed by atoms with Gasteiger partial charge in [0.25, 0.3) is 5.91 Å². The van der Waals surface area contributed by atoms with E-state index in [1.54, 1.807) is 24.3 Å². The molecule has 20 heavy (non-hydrogen) atoms. The molecule has 2 amide bonds. The van der Waals surface area contributed by atoms with E-state index in [4.69, 9.17) is 0 Å². The molecule has 0 radical (unpaired) electrons. The van der Waals surface area contributed by atoms with Crippen LogP contribution in [0, 0.1) is 0 Å². The Hall–Kier alpha value is -2.83. The maximum absolute atomic E-state index is 11.9. The molecule has 100 valence electrons. The molecule has 0 saturated heterocycles. The van der Waals surface area contributed by atoms with Crippen LogP contribution in [0.5, 0.6) is 0 Å². The molecule has 1 aromatic carbocycles. The van der Waals surface area contributed by atoms with E-state index < -0.39 is 11.8 Å². The van der Waals surface area contributed by atoms with Gasteiger partial charge in [-0.2, -0.15) is 10.0 Å². The molecule has 0 bridgehead atoms. The fourth-order valence-electron chi connectivity index (χ4n) is 2.03. The Morgan fingerprint density at radius 1 is 1.20 bits per heavy atom. The highest BCUT2D eigenvalue weighted by molar-refractivity contribution is 6.48. The van der Waals surface area contributed by atoms with E-state index in [0.717, 1.165) is 4.90 Å². The van der Waals surface area contributed by atoms with Crippen LogP contribution in [0.1, 0.15) is 13.3 Å². The summed E-state index contributed by atoms with van der Waals surface area (Å²) in [6, 6.07) is 8.89. The average Bonchev–Trinajstić information content (AvgIpc) is 2.79. The summed E-state index contributed by atoms with van der Waals surface area (Å²) in [5.41, 5.74) is 0.620. The smallest absolute Gasteiger partial charge is 0.258 e. The Morgan fingerprint density at radius 2 is 1.90 bits per heavy atom. The number of Topliss-reactive ketones (excluding diaryl/α,β-unsaturated/α-hetero) is 1. The molecular weight excluding hydrogens is 260 g/mol. The first-order valence-corrected chi connectivity index (χ1v) is 5.97. The third-order valence-corrected chi connectivity index (χ3v) is 2.89. The van der Waals surface area contributed by atoms with Crippen molar-refractivity contribution in [2.75, 3.05) is 5.01 Å². The lowest BCUT2D eigenvalue weighted by molar-refractivity contribution is -0.131. The standard InChI is InChI=1S/C13H10N4O3/c1-8(18)12-15-17(9-5-3-2-4-6-9)13-14-10(19)7-11(20)16(12)13/h2-6H,7H2,1H3. The van der Waals surface area contributed by atoms with Crippen molar-refractivity contribution in [3.8, 4) is 0 Å². The summed E-state index contributed by atoms with van der Waals surface area (Å²) in [7, 11) is 0. The van der Waals surface area contributed by atoms with Gasteiger partial charge in [-0.25, -0.2) is 4.90 Å². The number of hydrogen-bond acceptors (Lipinski definition) is 5. The zero-order valence-electron chi connectivity index (χ0n) is 10.6. The van der Waals surface area contributed by atoms with Gasteiger partial charge in [0.15, 0.2) is 5.78 Å². The first kappa shape index (κ1) is 12.2. The Balaban J connectivity index is 2.13. The predicted octanol–water partition coefficient (Wildman–Crippen LogP) is 0.524. The molecule has 3 rings (SSSR count). The van der Waals surface area contributed by atoms with Gasteiger partial charge in [-0.3, -0.25) is 14.4 Å². The van der Waals surface area contributed by atoms with Crippen molar-refractivity contribution in [3.63, 3.8) is 0 Å². The van der Waals surface area contributed by atoms with Crippen LogP contribution in [-0.2, 0) is 14.4 Å². The molecule has 0 aromatic heterocycles. The molecule has 0 N–H and O–H groups in total. The van der Waals surface area contributed by atoms with Crippen LogP contribution >= 0.6 is 0 Å². The lowest BCUT2D eigenvalue weighted by Gasteiger charge is -2.23. The Bertz CT molecular complexity index is 678. The van der Waals surface area contributed by atoms with E-state index in [1.807, 2.05) is 6.07 Å². The van der Waals surface area contributed by atoms with Crippen LogP contribution < -0.4 is 5.01 Å². The number of fused-ring (bicyclic) bond motifs is 1. The molecule has 0 fully saturated rings. The van der Waals surface area contributed by atoms with Crippen LogP contribution in [0.15, 0.2) is 40.4 Å². The second kappa shape index (κ2) is 4.37. The summed E-state index contributed by atoms with van der Waals surface area (Å²) in [5.74, 6) is -1.36. The van der Waals surface area contributed by atoms with Crippen molar-refractivity contribution < 1.29 is 14.4 Å². The molecule has 2 heterocycles. The van der Waals surface area contributed by atoms with E-state index in [0.29, 0.717) is 5.69 Å². The third-order valence-electron chi connectivity index (χ3n) is 2.89. The molecule has 0 spiro atoms. The fraction of sp³-hybridized carbons (Fsp3) is 0.154. The molecule has 0 atom stereocenters. The summed E-state index contributed by atoms with van der Waals surface area (Å²) in [4.78, 5) is 39.9. The van der Waals surface area contributed by atoms with Gasteiger partial charge >= 0.3 is 0 Å². The molecule has 0 saturated carbocycles. The van der Waals surface area contributed by atoms with Gasteiger partial charge < -0.3 is 0 Å². The summed E-state index contributed by atoms with van der Waals surface area (Å²) in [6.07, 6.45) is -0.349. The number of hydrazone groups is 1. The zero-order valence-corrected chi connectivity index (χ0v) is 10.6. The van der Waals surface area contributed by atoms with Crippen molar-refractivity contribution >= 4 is 35.1 Å². The molecule has 7 nitrogen and oxygen atoms in total. The Kier molecular flexibility index (Phi) is 2.67. The SMILES string of the molecule is CC(=O)C1=NN(c2ccccc2)C2=NC(=O)CC(=O)N12. The minimum atomic E-state index is -0.540. The van der Waals surface area contributed by atoms with Crippen LogP contribution in [0.4, 0.5) is 5.69 Å². The number of amidine groups is 1. The highest BCUT2D eigenvalue weighted by atomic mass is 16.2. The van der Waals surface area contributed by atoms with Gasteiger partial charge in [0, 0.05) is 6.92 Å². The lowest BCUT2D eigenvalue weighted by atomic mass is 10.2. The zero-order chi connectivity index (χ0) is 14.3. The maximum Gasteiger partial charge on any atom is 0.258 e. The van der Waals surface area contributed by atoms with Crippen LogP contribution in [0.3, 0.4) is 0 Å². The summed E-state index contributed by atoms with van der Waals surface area (Å²) in [5, 5.41) is 5.43. The Morgan fingerprint density at radius 3 is 2.55 bits per heavy atom. The summed E-state index contributed by atoms with van der Waals surface area (Å²) < 4.78 is 0. The van der Waals surface area contributed by atoms with Gasteiger partial charge in [-0.05, 0) is 12.1 Å². The minimum Gasteiger partial charge on any atom is -0.291 e. The van der Waals surface area contributed by atoms with E-state index >= 15 is 0 Å². The molecule has 2 aliphatic heterocycles. The average molecular weight is 270 g/mol. The van der Waals surface area contributed by atoms with Gasteiger partial charge in [0.1, 0.15) is 6.42 Å². The topological polar surface area (TPSA) is 82.4 Å². The fourth-order valence-corrected chi connectivity index (χ4v) is 2.03. The number of para-hydroxylation sites is 1. The number of hydrogen-bond donors (Lipinski definition) is 0. The number of ketones is 1. The summed E-state index contributed by atoms with van der Waals surface area (Å²) in [6.45, 7) is 1.31. The second-order valence-corrected chi connectivity index (χ2v) is 4.34. The monoisotopic (exact) mass is 270 g/mol. The number of guanidine groups is 1. The Labute approximate surface area is 114 Å². The number of aliphatic imine (C=N–C) groups is 1. The number of anilines is 1. The lowest BCUT2D eigenvalue weighted by Crippen LogP contribution is -2.47. The van der Waals surface area contributed by atoms with Gasteiger partial charge in [-0.15, -0.1) is 5.10 Å².